The minimum atomic E-state index is -0.135. The monoisotopic (exact) mass is 395 g/mol. The molecule has 6 heteroatoms. The lowest BCUT2D eigenvalue weighted by Gasteiger charge is -2.25. The van der Waals surface area contributed by atoms with Gasteiger partial charge in [0.25, 0.3) is 5.56 Å². The first-order chi connectivity index (χ1) is 14.1. The first-order valence-corrected chi connectivity index (χ1v) is 10.7. The number of amides is 1. The van der Waals surface area contributed by atoms with Gasteiger partial charge in [-0.05, 0) is 44.6 Å². The molecule has 1 amide bonds. The summed E-state index contributed by atoms with van der Waals surface area (Å²) >= 11 is 0. The van der Waals surface area contributed by atoms with Crippen molar-refractivity contribution in [1.82, 2.24) is 14.9 Å². The fraction of sp³-hybridized carbons (Fsp3) is 0.522. The molecule has 0 spiro atoms. The van der Waals surface area contributed by atoms with Crippen molar-refractivity contribution < 1.29 is 9.53 Å². The average molecular weight is 396 g/mol. The van der Waals surface area contributed by atoms with Crippen molar-refractivity contribution in [1.29, 1.82) is 0 Å². The lowest BCUT2D eigenvalue weighted by atomic mass is 10.0. The van der Waals surface area contributed by atoms with Gasteiger partial charge in [0.05, 0.1) is 12.1 Å². The van der Waals surface area contributed by atoms with Crippen molar-refractivity contribution in [2.24, 2.45) is 0 Å². The molecule has 0 bridgehead atoms. The summed E-state index contributed by atoms with van der Waals surface area (Å²) in [5, 5.41) is 0. The van der Waals surface area contributed by atoms with Crippen molar-refractivity contribution in [2.75, 3.05) is 13.2 Å². The van der Waals surface area contributed by atoms with Gasteiger partial charge in [-0.15, -0.1) is 0 Å². The third-order valence-corrected chi connectivity index (χ3v) is 6.06. The molecule has 1 aromatic carbocycles. The van der Waals surface area contributed by atoms with E-state index < -0.39 is 0 Å². The first-order valence-electron chi connectivity index (χ1n) is 10.7. The topological polar surface area (TPSA) is 75.3 Å². The van der Waals surface area contributed by atoms with Crippen molar-refractivity contribution in [2.45, 2.75) is 64.0 Å². The predicted molar refractivity (Wildman–Crippen MR) is 111 cm³/mol. The van der Waals surface area contributed by atoms with Crippen molar-refractivity contribution in [3.63, 3.8) is 0 Å². The molecule has 0 saturated carbocycles. The Hall–Kier alpha value is -2.47. The number of H-pyrrole nitrogens is 1. The molecule has 2 atom stereocenters. The Morgan fingerprint density at radius 3 is 2.79 bits per heavy atom. The predicted octanol–water partition coefficient (Wildman–Crippen LogP) is 3.29. The number of likely N-dealkylation sites (tertiary alicyclic amines) is 1. The number of aromatic nitrogens is 2. The number of nitrogens with one attached hydrogen (secondary N) is 1. The van der Waals surface area contributed by atoms with Crippen molar-refractivity contribution >= 4 is 5.91 Å². The largest absolute Gasteiger partial charge is 0.378 e. The van der Waals surface area contributed by atoms with Gasteiger partial charge in [0.1, 0.15) is 5.82 Å². The highest BCUT2D eigenvalue weighted by Crippen LogP contribution is 2.31. The maximum absolute atomic E-state index is 12.8. The molecule has 0 aliphatic carbocycles. The summed E-state index contributed by atoms with van der Waals surface area (Å²) < 4.78 is 5.64. The van der Waals surface area contributed by atoms with E-state index in [1.165, 1.54) is 0 Å². The van der Waals surface area contributed by atoms with Crippen molar-refractivity contribution in [3.05, 3.63) is 63.3 Å². The van der Waals surface area contributed by atoms with Crippen LogP contribution in [0.1, 0.15) is 67.2 Å². The Balaban J connectivity index is 1.48. The molecule has 29 heavy (non-hydrogen) atoms. The van der Waals surface area contributed by atoms with Crippen LogP contribution >= 0.6 is 0 Å². The summed E-state index contributed by atoms with van der Waals surface area (Å²) in [7, 11) is 0. The van der Waals surface area contributed by atoms with Gasteiger partial charge in [-0.25, -0.2) is 4.98 Å². The molecule has 6 nitrogen and oxygen atoms in total. The van der Waals surface area contributed by atoms with E-state index in [2.05, 4.69) is 4.98 Å². The number of aryl methyl sites for hydroxylation is 1. The molecule has 4 rings (SSSR count). The highest BCUT2D eigenvalue weighted by molar-refractivity contribution is 5.77. The summed E-state index contributed by atoms with van der Waals surface area (Å²) in [5.74, 6) is 0.754. The summed E-state index contributed by atoms with van der Waals surface area (Å²) in [6, 6.07) is 9.80. The lowest BCUT2D eigenvalue weighted by Crippen LogP contribution is -2.33. The van der Waals surface area contributed by atoms with Crippen LogP contribution in [0.2, 0.25) is 0 Å². The Morgan fingerprint density at radius 2 is 2.07 bits per heavy atom. The molecule has 154 valence electrons. The standard InChI is InChI=1S/C23H29N3O3/c1-16-19(15-17-7-3-2-4-8-17)23(28)25-22(24-16)20-10-5-13-26(20)21(27)12-11-18-9-6-14-29-18/h2-4,7-8,18,20H,5-6,9-15H2,1H3,(H,24,25,28)/t18-,20+/m0/s1. The average Bonchev–Trinajstić information content (AvgIpc) is 3.41. The lowest BCUT2D eigenvalue weighted by molar-refractivity contribution is -0.132. The summed E-state index contributed by atoms with van der Waals surface area (Å²) in [4.78, 5) is 35.2. The molecule has 2 fully saturated rings. The Bertz CT molecular complexity index is 903. The van der Waals surface area contributed by atoms with E-state index in [1.54, 1.807) is 0 Å². The van der Waals surface area contributed by atoms with Gasteiger partial charge in [0.15, 0.2) is 0 Å². The van der Waals surface area contributed by atoms with E-state index in [4.69, 9.17) is 9.72 Å². The number of ether oxygens (including phenoxy) is 1. The SMILES string of the molecule is Cc1nc([C@H]2CCCN2C(=O)CC[C@@H]2CCCO2)[nH]c(=O)c1Cc1ccccc1. The number of carbonyl (C=O) groups excluding carboxylic acids is 1. The minimum Gasteiger partial charge on any atom is -0.378 e. The second kappa shape index (κ2) is 8.91. The van der Waals surface area contributed by atoms with Crippen LogP contribution in [-0.2, 0) is 16.0 Å². The van der Waals surface area contributed by atoms with E-state index in [0.29, 0.717) is 24.2 Å². The molecule has 2 saturated heterocycles. The molecule has 2 aliphatic heterocycles. The molecule has 2 aromatic rings. The second-order valence-corrected chi connectivity index (χ2v) is 8.10. The number of aromatic amines is 1. The number of hydrogen-bond acceptors (Lipinski definition) is 4. The van der Waals surface area contributed by atoms with Gasteiger partial charge in [-0.2, -0.15) is 0 Å². The molecule has 1 N–H and O–H groups in total. The molecule has 1 aromatic heterocycles. The van der Waals surface area contributed by atoms with Gasteiger partial charge in [0, 0.05) is 37.3 Å². The maximum Gasteiger partial charge on any atom is 0.254 e. The Kier molecular flexibility index (Phi) is 6.09. The summed E-state index contributed by atoms with van der Waals surface area (Å²) in [6.07, 6.45) is 5.97. The van der Waals surface area contributed by atoms with E-state index in [0.717, 1.165) is 56.5 Å². The van der Waals surface area contributed by atoms with Gasteiger partial charge >= 0.3 is 0 Å². The zero-order valence-corrected chi connectivity index (χ0v) is 17.0. The quantitative estimate of drug-likeness (QED) is 0.814. The maximum atomic E-state index is 12.8. The van der Waals surface area contributed by atoms with Gasteiger partial charge in [-0.1, -0.05) is 30.3 Å². The fourth-order valence-electron chi connectivity index (χ4n) is 4.45. The zero-order chi connectivity index (χ0) is 20.2. The van der Waals surface area contributed by atoms with Crippen LogP contribution < -0.4 is 5.56 Å². The van der Waals surface area contributed by atoms with Crippen LogP contribution in [0.15, 0.2) is 35.1 Å². The van der Waals surface area contributed by atoms with Crippen LogP contribution in [0.25, 0.3) is 0 Å². The van der Waals surface area contributed by atoms with Crippen molar-refractivity contribution in [3.8, 4) is 0 Å². The normalized spacial score (nSPS) is 21.6. The highest BCUT2D eigenvalue weighted by atomic mass is 16.5. The molecule has 2 aliphatic rings. The van der Waals surface area contributed by atoms with Crippen LogP contribution in [0.4, 0.5) is 0 Å². The van der Waals surface area contributed by atoms with E-state index >= 15 is 0 Å². The third kappa shape index (κ3) is 4.58. The van der Waals surface area contributed by atoms with Gasteiger partial charge < -0.3 is 14.6 Å². The second-order valence-electron chi connectivity index (χ2n) is 8.10. The smallest absolute Gasteiger partial charge is 0.254 e. The van der Waals surface area contributed by atoms with Crippen LogP contribution in [0.5, 0.6) is 0 Å². The van der Waals surface area contributed by atoms with Gasteiger partial charge in [0.2, 0.25) is 5.91 Å². The number of carbonyl (C=O) groups is 1. The number of nitrogens with zero attached hydrogens (tertiary/aromatic N) is 2. The molecule has 3 heterocycles. The molecule has 0 unspecified atom stereocenters. The van der Waals surface area contributed by atoms with Crippen LogP contribution in [0.3, 0.4) is 0 Å². The molecular weight excluding hydrogens is 366 g/mol. The van der Waals surface area contributed by atoms with Gasteiger partial charge in [-0.3, -0.25) is 9.59 Å². The third-order valence-electron chi connectivity index (χ3n) is 6.06. The Labute approximate surface area is 171 Å². The molecular formula is C23H29N3O3. The summed E-state index contributed by atoms with van der Waals surface area (Å²) in [5.41, 5.74) is 2.41. The number of rotatable bonds is 6. The number of hydrogen-bond donors (Lipinski definition) is 1. The van der Waals surface area contributed by atoms with Crippen LogP contribution in [0, 0.1) is 6.92 Å². The Morgan fingerprint density at radius 1 is 1.24 bits per heavy atom. The van der Waals surface area contributed by atoms with E-state index in [1.807, 2.05) is 42.2 Å². The molecule has 0 radical (unpaired) electrons. The highest BCUT2D eigenvalue weighted by Gasteiger charge is 2.32. The van der Waals surface area contributed by atoms with E-state index in [9.17, 15) is 9.59 Å². The fourth-order valence-corrected chi connectivity index (χ4v) is 4.45. The zero-order valence-electron chi connectivity index (χ0n) is 17.0. The van der Waals surface area contributed by atoms with E-state index in [-0.39, 0.29) is 23.6 Å². The first kappa shape index (κ1) is 19.8. The minimum absolute atomic E-state index is 0.102. The summed E-state index contributed by atoms with van der Waals surface area (Å²) in [6.45, 7) is 3.42. The number of benzene rings is 1. The van der Waals surface area contributed by atoms with Crippen LogP contribution in [-0.4, -0.2) is 40.0 Å².